The van der Waals surface area contributed by atoms with Crippen LogP contribution in [0.5, 0.6) is 17.2 Å². The first-order valence-corrected chi connectivity index (χ1v) is 11.2. The van der Waals surface area contributed by atoms with Crippen molar-refractivity contribution in [3.63, 3.8) is 0 Å². The molecule has 31 heavy (non-hydrogen) atoms. The van der Waals surface area contributed by atoms with Crippen molar-refractivity contribution in [2.24, 2.45) is 0 Å². The van der Waals surface area contributed by atoms with Gasteiger partial charge in [-0.05, 0) is 60.5 Å². The molecule has 0 aliphatic heterocycles. The van der Waals surface area contributed by atoms with Gasteiger partial charge in [-0.1, -0.05) is 56.5 Å². The molecule has 3 rings (SSSR count). The van der Waals surface area contributed by atoms with Crippen LogP contribution in [0.15, 0.2) is 78.9 Å². The highest BCUT2D eigenvalue weighted by Crippen LogP contribution is 2.19. The van der Waals surface area contributed by atoms with Gasteiger partial charge in [0.05, 0.1) is 6.61 Å². The Bertz CT molecular complexity index is 865. The normalized spacial score (nSPS) is 10.5. The van der Waals surface area contributed by atoms with Crippen molar-refractivity contribution in [2.45, 2.75) is 39.2 Å². The van der Waals surface area contributed by atoms with Crippen molar-refractivity contribution in [3.8, 4) is 17.2 Å². The van der Waals surface area contributed by atoms with E-state index in [4.69, 9.17) is 14.2 Å². The summed E-state index contributed by atoms with van der Waals surface area (Å²) >= 11 is 0. The van der Waals surface area contributed by atoms with Gasteiger partial charge in [-0.2, -0.15) is 0 Å². The molecule has 3 aromatic rings. The van der Waals surface area contributed by atoms with Crippen LogP contribution in [0.1, 0.15) is 38.2 Å². The van der Waals surface area contributed by atoms with Crippen LogP contribution in [0.2, 0.25) is 0 Å². The number of benzene rings is 3. The van der Waals surface area contributed by atoms with E-state index in [-0.39, 0.29) is 0 Å². The van der Waals surface area contributed by atoms with Crippen LogP contribution in [-0.4, -0.2) is 19.8 Å². The minimum atomic E-state index is 0.506. The average Bonchev–Trinajstić information content (AvgIpc) is 2.82. The summed E-state index contributed by atoms with van der Waals surface area (Å²) in [6.07, 6.45) is 4.88. The van der Waals surface area contributed by atoms with E-state index >= 15 is 0 Å². The second-order valence-corrected chi connectivity index (χ2v) is 7.44. The van der Waals surface area contributed by atoms with E-state index in [1.165, 1.54) is 19.3 Å². The number of hydrogen-bond donors (Lipinski definition) is 1. The molecule has 1 N–H and O–H groups in total. The van der Waals surface area contributed by atoms with Crippen LogP contribution in [0.25, 0.3) is 0 Å². The van der Waals surface area contributed by atoms with Crippen LogP contribution in [-0.2, 0) is 6.54 Å². The van der Waals surface area contributed by atoms with E-state index in [2.05, 4.69) is 36.5 Å². The van der Waals surface area contributed by atoms with E-state index in [0.717, 1.165) is 48.1 Å². The summed E-state index contributed by atoms with van der Waals surface area (Å²) in [5.74, 6) is 2.63. The zero-order valence-corrected chi connectivity index (χ0v) is 18.4. The monoisotopic (exact) mass is 419 g/mol. The zero-order chi connectivity index (χ0) is 21.6. The Hall–Kier alpha value is -3.14. The maximum Gasteiger partial charge on any atom is 0.122 e. The van der Waals surface area contributed by atoms with Gasteiger partial charge in [0.2, 0.25) is 0 Å². The molecular weight excluding hydrogens is 386 g/mol. The van der Waals surface area contributed by atoms with Gasteiger partial charge in [-0.15, -0.1) is 0 Å². The molecule has 0 amide bonds. The zero-order valence-electron chi connectivity index (χ0n) is 18.4. The number of para-hydroxylation sites is 1. The summed E-state index contributed by atoms with van der Waals surface area (Å²) in [5.41, 5.74) is 2.23. The van der Waals surface area contributed by atoms with Crippen molar-refractivity contribution in [1.29, 1.82) is 0 Å². The largest absolute Gasteiger partial charge is 0.494 e. The number of unbranched alkanes of at least 4 members (excludes halogenated alkanes) is 3. The topological polar surface area (TPSA) is 39.7 Å². The SMILES string of the molecule is CCCCCCOc1ccc(NCc2cccc(OCCOc3ccccc3)c2)cc1. The Balaban J connectivity index is 1.37. The molecule has 4 nitrogen and oxygen atoms in total. The van der Waals surface area contributed by atoms with Gasteiger partial charge in [-0.25, -0.2) is 0 Å². The van der Waals surface area contributed by atoms with Gasteiger partial charge < -0.3 is 19.5 Å². The molecule has 0 saturated carbocycles. The third kappa shape index (κ3) is 8.63. The van der Waals surface area contributed by atoms with Crippen LogP contribution >= 0.6 is 0 Å². The highest BCUT2D eigenvalue weighted by molar-refractivity contribution is 5.47. The van der Waals surface area contributed by atoms with Crippen molar-refractivity contribution in [3.05, 3.63) is 84.4 Å². The van der Waals surface area contributed by atoms with E-state index in [9.17, 15) is 0 Å². The maximum absolute atomic E-state index is 5.83. The highest BCUT2D eigenvalue weighted by atomic mass is 16.5. The quantitative estimate of drug-likeness (QED) is 0.295. The average molecular weight is 420 g/mol. The van der Waals surface area contributed by atoms with Crippen LogP contribution in [0, 0.1) is 0 Å². The summed E-state index contributed by atoms with van der Waals surface area (Å²) in [4.78, 5) is 0. The molecule has 0 unspecified atom stereocenters. The van der Waals surface area contributed by atoms with Crippen molar-refractivity contribution >= 4 is 5.69 Å². The molecule has 0 bridgehead atoms. The number of anilines is 1. The molecule has 0 aliphatic carbocycles. The second-order valence-electron chi connectivity index (χ2n) is 7.44. The lowest BCUT2D eigenvalue weighted by molar-refractivity contribution is 0.217. The molecule has 164 valence electrons. The molecule has 0 saturated heterocycles. The van der Waals surface area contributed by atoms with Gasteiger partial charge in [0, 0.05) is 12.2 Å². The summed E-state index contributed by atoms with van der Waals surface area (Å²) < 4.78 is 17.3. The molecule has 0 fully saturated rings. The van der Waals surface area contributed by atoms with Gasteiger partial charge in [0.25, 0.3) is 0 Å². The Labute approximate surface area is 186 Å². The third-order valence-electron chi connectivity index (χ3n) is 4.88. The van der Waals surface area contributed by atoms with E-state index in [0.29, 0.717) is 13.2 Å². The van der Waals surface area contributed by atoms with Crippen molar-refractivity contribution < 1.29 is 14.2 Å². The Morgan fingerprint density at radius 2 is 1.29 bits per heavy atom. The fourth-order valence-corrected chi connectivity index (χ4v) is 3.17. The predicted molar refractivity (Wildman–Crippen MR) is 127 cm³/mol. The highest BCUT2D eigenvalue weighted by Gasteiger charge is 2.00. The minimum absolute atomic E-state index is 0.506. The van der Waals surface area contributed by atoms with Gasteiger partial charge in [0.15, 0.2) is 0 Å². The first-order chi connectivity index (χ1) is 15.3. The molecule has 0 spiro atoms. The van der Waals surface area contributed by atoms with Crippen molar-refractivity contribution in [2.75, 3.05) is 25.1 Å². The lowest BCUT2D eigenvalue weighted by Gasteiger charge is -2.11. The number of ether oxygens (including phenoxy) is 3. The molecule has 0 atom stereocenters. The van der Waals surface area contributed by atoms with Crippen molar-refractivity contribution in [1.82, 2.24) is 0 Å². The first-order valence-electron chi connectivity index (χ1n) is 11.2. The van der Waals surface area contributed by atoms with Crippen LogP contribution in [0.3, 0.4) is 0 Å². The smallest absolute Gasteiger partial charge is 0.122 e. The Kier molecular flexibility index (Phi) is 9.61. The van der Waals surface area contributed by atoms with Crippen LogP contribution in [0.4, 0.5) is 5.69 Å². The lowest BCUT2D eigenvalue weighted by Crippen LogP contribution is -2.09. The van der Waals surface area contributed by atoms with Crippen LogP contribution < -0.4 is 19.5 Å². The van der Waals surface area contributed by atoms with Gasteiger partial charge in [-0.3, -0.25) is 0 Å². The summed E-state index contributed by atoms with van der Waals surface area (Å²) in [6.45, 7) is 4.76. The summed E-state index contributed by atoms with van der Waals surface area (Å²) in [7, 11) is 0. The number of rotatable bonds is 14. The molecule has 4 heteroatoms. The number of hydrogen-bond acceptors (Lipinski definition) is 4. The van der Waals surface area contributed by atoms with E-state index in [1.54, 1.807) is 0 Å². The Morgan fingerprint density at radius 3 is 2.06 bits per heavy atom. The Morgan fingerprint density at radius 1 is 0.613 bits per heavy atom. The summed E-state index contributed by atoms with van der Waals surface area (Å²) in [6, 6.07) is 26.1. The lowest BCUT2D eigenvalue weighted by atomic mass is 10.2. The van der Waals surface area contributed by atoms with Gasteiger partial charge >= 0.3 is 0 Å². The van der Waals surface area contributed by atoms with Gasteiger partial charge in [0.1, 0.15) is 30.5 Å². The fourth-order valence-electron chi connectivity index (χ4n) is 3.17. The number of nitrogens with one attached hydrogen (secondary N) is 1. The molecule has 0 aromatic heterocycles. The molecular formula is C27H33NO3. The van der Waals surface area contributed by atoms with E-state index < -0.39 is 0 Å². The fraction of sp³-hybridized carbons (Fsp3) is 0.333. The molecule has 0 radical (unpaired) electrons. The minimum Gasteiger partial charge on any atom is -0.494 e. The molecule has 0 aliphatic rings. The molecule has 0 heterocycles. The summed E-state index contributed by atoms with van der Waals surface area (Å²) in [5, 5.41) is 3.45. The third-order valence-corrected chi connectivity index (χ3v) is 4.88. The maximum atomic E-state index is 5.83. The second kappa shape index (κ2) is 13.2. The van der Waals surface area contributed by atoms with E-state index in [1.807, 2.05) is 54.6 Å². The predicted octanol–water partition coefficient (Wildman–Crippen LogP) is 6.72. The standard InChI is InChI=1S/C27H33NO3/c1-2-3-4-8-18-29-26-16-14-24(15-17-26)28-22-23-10-9-13-27(21-23)31-20-19-30-25-11-6-5-7-12-25/h5-7,9-17,21,28H,2-4,8,18-20,22H2,1H3. The molecule has 3 aromatic carbocycles. The first kappa shape index (κ1) is 22.5.